The van der Waals surface area contributed by atoms with Gasteiger partial charge < -0.3 is 5.73 Å². The molecule has 2 aromatic rings. The Hall–Kier alpha value is -2.36. The van der Waals surface area contributed by atoms with Gasteiger partial charge in [0.2, 0.25) is 0 Å². The third-order valence-electron chi connectivity index (χ3n) is 5.51. The maximum Gasteiger partial charge on any atom is 0.162 e. The number of Topliss-reactive ketones (excluding diaryl/α,β-unsaturated/α-hetero) is 1. The first-order valence-electron chi connectivity index (χ1n) is 9.48. The van der Waals surface area contributed by atoms with Crippen LogP contribution in [0, 0.1) is 23.7 Å². The standard InChI is InChI=1S/C23H22BrN3OS/c1-13-5-4-6-15(7-13)27-17-9-23(2,3)10-18(28)21(17)20(16(11-25)22(27)26)19-8-14(24)12-29-19/h4-8,12,20H,9-10,26H2,1-3H3/t20-/m1/s1. The molecule has 1 aliphatic heterocycles. The molecule has 29 heavy (non-hydrogen) atoms. The van der Waals surface area contributed by atoms with E-state index in [9.17, 15) is 10.1 Å². The van der Waals surface area contributed by atoms with Crippen LogP contribution in [0.15, 0.2) is 62.8 Å². The van der Waals surface area contributed by atoms with E-state index in [4.69, 9.17) is 5.73 Å². The van der Waals surface area contributed by atoms with Gasteiger partial charge in [0, 0.05) is 38.1 Å². The molecule has 0 amide bonds. The first-order valence-corrected chi connectivity index (χ1v) is 11.2. The third kappa shape index (κ3) is 3.43. The van der Waals surface area contributed by atoms with Crippen molar-refractivity contribution in [2.24, 2.45) is 11.1 Å². The zero-order chi connectivity index (χ0) is 20.9. The number of hydrogen-bond acceptors (Lipinski definition) is 5. The number of benzene rings is 1. The van der Waals surface area contributed by atoms with E-state index in [1.54, 1.807) is 11.3 Å². The molecule has 2 aliphatic rings. The minimum absolute atomic E-state index is 0.101. The molecule has 1 aromatic carbocycles. The fourth-order valence-electron chi connectivity index (χ4n) is 4.33. The van der Waals surface area contributed by atoms with Crippen molar-refractivity contribution in [1.82, 2.24) is 0 Å². The van der Waals surface area contributed by atoms with E-state index in [0.717, 1.165) is 32.7 Å². The van der Waals surface area contributed by atoms with Gasteiger partial charge in [0.25, 0.3) is 0 Å². The Balaban J connectivity index is 2.00. The molecule has 4 nitrogen and oxygen atoms in total. The van der Waals surface area contributed by atoms with Crippen molar-refractivity contribution in [1.29, 1.82) is 5.26 Å². The summed E-state index contributed by atoms with van der Waals surface area (Å²) >= 11 is 5.04. The normalized spacial score (nSPS) is 21.3. The van der Waals surface area contributed by atoms with Crippen LogP contribution in [-0.4, -0.2) is 5.78 Å². The lowest BCUT2D eigenvalue weighted by Crippen LogP contribution is -2.42. The van der Waals surface area contributed by atoms with Gasteiger partial charge in [0.15, 0.2) is 5.78 Å². The van der Waals surface area contributed by atoms with Crippen LogP contribution in [0.3, 0.4) is 0 Å². The van der Waals surface area contributed by atoms with E-state index in [2.05, 4.69) is 35.8 Å². The average Bonchev–Trinajstić information content (AvgIpc) is 3.05. The minimum atomic E-state index is -0.407. The van der Waals surface area contributed by atoms with Crippen LogP contribution < -0.4 is 10.6 Å². The quantitative estimate of drug-likeness (QED) is 0.609. The number of carbonyl (C=O) groups is 1. The first kappa shape index (κ1) is 19.9. The highest BCUT2D eigenvalue weighted by atomic mass is 79.9. The van der Waals surface area contributed by atoms with Gasteiger partial charge >= 0.3 is 0 Å². The van der Waals surface area contributed by atoms with Crippen molar-refractivity contribution in [3.05, 3.63) is 73.3 Å². The molecule has 2 N–H and O–H groups in total. The van der Waals surface area contributed by atoms with Crippen LogP contribution in [0.4, 0.5) is 5.69 Å². The molecule has 0 fully saturated rings. The van der Waals surface area contributed by atoms with Crippen LogP contribution in [0.1, 0.15) is 43.0 Å². The molecule has 1 atom stereocenters. The lowest BCUT2D eigenvalue weighted by atomic mass is 9.69. The number of ketones is 1. The molecule has 4 rings (SSSR count). The second kappa shape index (κ2) is 7.16. The van der Waals surface area contributed by atoms with E-state index in [0.29, 0.717) is 23.4 Å². The van der Waals surface area contributed by atoms with Crippen molar-refractivity contribution in [2.75, 3.05) is 4.90 Å². The molecule has 6 heteroatoms. The largest absolute Gasteiger partial charge is 0.384 e. The van der Waals surface area contributed by atoms with Gasteiger partial charge in [-0.25, -0.2) is 0 Å². The molecule has 0 unspecified atom stereocenters. The van der Waals surface area contributed by atoms with Gasteiger partial charge in [-0.15, -0.1) is 11.3 Å². The fourth-order valence-corrected chi connectivity index (χ4v) is 5.90. The van der Waals surface area contributed by atoms with Gasteiger partial charge in [-0.1, -0.05) is 26.0 Å². The van der Waals surface area contributed by atoms with Gasteiger partial charge in [-0.3, -0.25) is 9.69 Å². The third-order valence-corrected chi connectivity index (χ3v) is 7.27. The van der Waals surface area contributed by atoms with E-state index < -0.39 is 5.92 Å². The van der Waals surface area contributed by atoms with Crippen LogP contribution in [-0.2, 0) is 4.79 Å². The summed E-state index contributed by atoms with van der Waals surface area (Å²) in [6.07, 6.45) is 1.19. The number of halogens is 1. The number of anilines is 1. The van der Waals surface area contributed by atoms with Gasteiger partial charge in [0.1, 0.15) is 5.82 Å². The van der Waals surface area contributed by atoms with E-state index in [1.165, 1.54) is 0 Å². The van der Waals surface area contributed by atoms with Crippen molar-refractivity contribution in [2.45, 2.75) is 39.5 Å². The highest BCUT2D eigenvalue weighted by Crippen LogP contribution is 2.51. The summed E-state index contributed by atoms with van der Waals surface area (Å²) < 4.78 is 0.945. The molecule has 148 valence electrons. The summed E-state index contributed by atoms with van der Waals surface area (Å²) in [5.41, 5.74) is 10.5. The second-order valence-corrected chi connectivity index (χ2v) is 10.3. The average molecular weight is 468 g/mol. The monoisotopic (exact) mass is 467 g/mol. The summed E-state index contributed by atoms with van der Waals surface area (Å²) in [5.74, 6) is 0.108. The Kier molecular flexibility index (Phi) is 4.92. The lowest BCUT2D eigenvalue weighted by Gasteiger charge is -2.43. The van der Waals surface area contributed by atoms with Crippen molar-refractivity contribution >= 4 is 38.7 Å². The Labute approximate surface area is 183 Å². The summed E-state index contributed by atoms with van der Waals surface area (Å²) in [6.45, 7) is 6.24. The van der Waals surface area contributed by atoms with E-state index >= 15 is 0 Å². The number of rotatable bonds is 2. The topological polar surface area (TPSA) is 70.1 Å². The van der Waals surface area contributed by atoms with Gasteiger partial charge in [0.05, 0.1) is 17.6 Å². The molecule has 0 radical (unpaired) electrons. The SMILES string of the molecule is Cc1cccc(N2C(N)=C(C#N)[C@H](c3cc(Br)cs3)C3=C2CC(C)(C)CC3=O)c1. The van der Waals surface area contributed by atoms with Crippen molar-refractivity contribution < 1.29 is 4.79 Å². The predicted molar refractivity (Wildman–Crippen MR) is 120 cm³/mol. The molecule has 0 spiro atoms. The Morgan fingerprint density at radius 3 is 2.69 bits per heavy atom. The Bertz CT molecular complexity index is 1120. The smallest absolute Gasteiger partial charge is 0.162 e. The summed E-state index contributed by atoms with van der Waals surface area (Å²) in [4.78, 5) is 16.3. The number of allylic oxidation sites excluding steroid dienone is 3. The Morgan fingerprint density at radius 2 is 2.07 bits per heavy atom. The fraction of sp³-hybridized carbons (Fsp3) is 0.304. The highest BCUT2D eigenvalue weighted by Gasteiger charge is 2.45. The molecular weight excluding hydrogens is 446 g/mol. The second-order valence-electron chi connectivity index (χ2n) is 8.49. The van der Waals surface area contributed by atoms with Crippen LogP contribution in [0.2, 0.25) is 0 Å². The number of nitrogens with two attached hydrogens (primary N) is 1. The number of thiophene rings is 1. The van der Waals surface area contributed by atoms with Crippen molar-refractivity contribution in [3.8, 4) is 6.07 Å². The summed E-state index contributed by atoms with van der Waals surface area (Å²) in [7, 11) is 0. The molecule has 1 aromatic heterocycles. The molecular formula is C23H22BrN3OS. The molecule has 1 aliphatic carbocycles. The summed E-state index contributed by atoms with van der Waals surface area (Å²) in [5, 5.41) is 12.0. The number of aryl methyl sites for hydroxylation is 1. The van der Waals surface area contributed by atoms with Crippen LogP contribution in [0.25, 0.3) is 0 Å². The number of hydrogen-bond donors (Lipinski definition) is 1. The first-order chi connectivity index (χ1) is 13.7. The number of nitrogens with zero attached hydrogens (tertiary/aromatic N) is 2. The van der Waals surface area contributed by atoms with E-state index in [1.807, 2.05) is 47.5 Å². The van der Waals surface area contributed by atoms with Crippen LogP contribution >= 0.6 is 27.3 Å². The zero-order valence-electron chi connectivity index (χ0n) is 16.6. The van der Waals surface area contributed by atoms with Gasteiger partial charge in [-0.05, 0) is 58.5 Å². The van der Waals surface area contributed by atoms with Crippen molar-refractivity contribution in [3.63, 3.8) is 0 Å². The Morgan fingerprint density at radius 1 is 1.31 bits per heavy atom. The predicted octanol–water partition coefficient (Wildman–Crippen LogP) is 5.76. The highest BCUT2D eigenvalue weighted by molar-refractivity contribution is 9.10. The number of nitriles is 1. The summed E-state index contributed by atoms with van der Waals surface area (Å²) in [6, 6.07) is 12.3. The molecule has 0 saturated carbocycles. The minimum Gasteiger partial charge on any atom is -0.384 e. The maximum absolute atomic E-state index is 13.4. The van der Waals surface area contributed by atoms with E-state index in [-0.39, 0.29) is 11.2 Å². The maximum atomic E-state index is 13.4. The molecule has 2 heterocycles. The van der Waals surface area contributed by atoms with Crippen LogP contribution in [0.5, 0.6) is 0 Å². The number of carbonyl (C=O) groups excluding carboxylic acids is 1. The van der Waals surface area contributed by atoms with Gasteiger partial charge in [-0.2, -0.15) is 5.26 Å². The molecule has 0 bridgehead atoms. The lowest BCUT2D eigenvalue weighted by molar-refractivity contribution is -0.118. The zero-order valence-corrected chi connectivity index (χ0v) is 19.0. The molecule has 0 saturated heterocycles.